The van der Waals surface area contributed by atoms with Crippen LogP contribution in [0.5, 0.6) is 0 Å². The average molecular weight is 293 g/mol. The Hall–Kier alpha value is -1.07. The maximum atomic E-state index is 11.4. The third-order valence-electron chi connectivity index (χ3n) is 2.48. The van der Waals surface area contributed by atoms with Crippen molar-refractivity contribution in [2.24, 2.45) is 0 Å². The number of carbonyl (C=O) groups excluding carboxylic acids is 2. The summed E-state index contributed by atoms with van der Waals surface area (Å²) in [5.74, 6) is -0.306. The van der Waals surface area contributed by atoms with E-state index in [0.717, 1.165) is 13.0 Å². The van der Waals surface area contributed by atoms with E-state index in [9.17, 15) is 9.59 Å². The van der Waals surface area contributed by atoms with E-state index in [1.54, 1.807) is 13.8 Å². The van der Waals surface area contributed by atoms with Gasteiger partial charge in [-0.2, -0.15) is 0 Å². The molecule has 5 nitrogen and oxygen atoms in total. The number of nitrogens with zero attached hydrogens (tertiary/aromatic N) is 1. The number of amides is 1. The molecule has 0 aromatic rings. The number of rotatable bonds is 8. The maximum absolute atomic E-state index is 11.4. The molecule has 0 radical (unpaired) electrons. The zero-order chi connectivity index (χ0) is 14.2. The molecule has 0 unspecified atom stereocenters. The van der Waals surface area contributed by atoms with Crippen molar-refractivity contribution in [1.29, 1.82) is 0 Å². The minimum Gasteiger partial charge on any atom is -1.00 e. The molecule has 0 spiro atoms. The van der Waals surface area contributed by atoms with E-state index in [2.05, 4.69) is 11.9 Å². The van der Waals surface area contributed by atoms with Crippen LogP contribution in [0.25, 0.3) is 0 Å². The molecule has 0 aliphatic heterocycles. The van der Waals surface area contributed by atoms with E-state index in [4.69, 9.17) is 4.74 Å². The van der Waals surface area contributed by atoms with Gasteiger partial charge >= 0.3 is 5.97 Å². The van der Waals surface area contributed by atoms with Gasteiger partial charge in [-0.1, -0.05) is 6.58 Å². The lowest BCUT2D eigenvalue weighted by molar-refractivity contribution is -0.883. The molecule has 1 N–H and O–H groups in total. The number of hydrogen-bond acceptors (Lipinski definition) is 3. The van der Waals surface area contributed by atoms with Gasteiger partial charge in [-0.25, -0.2) is 4.79 Å². The molecular weight excluding hydrogens is 268 g/mol. The molecule has 0 aromatic carbocycles. The monoisotopic (exact) mass is 292 g/mol. The highest BCUT2D eigenvalue weighted by Gasteiger charge is 2.20. The molecule has 19 heavy (non-hydrogen) atoms. The fraction of sp³-hybridized carbons (Fsp3) is 0.692. The molecule has 0 heterocycles. The Morgan fingerprint density at radius 1 is 1.32 bits per heavy atom. The predicted octanol–water partition coefficient (Wildman–Crippen LogP) is -2.29. The van der Waals surface area contributed by atoms with Crippen molar-refractivity contribution in [1.82, 2.24) is 5.32 Å². The van der Waals surface area contributed by atoms with Crippen molar-refractivity contribution in [3.05, 3.63) is 12.2 Å². The van der Waals surface area contributed by atoms with Gasteiger partial charge in [0.05, 0.1) is 27.2 Å². The van der Waals surface area contributed by atoms with Crippen LogP contribution in [0, 0.1) is 0 Å². The topological polar surface area (TPSA) is 55.4 Å². The Balaban J connectivity index is 0. The second kappa shape index (κ2) is 9.81. The maximum Gasteiger partial charge on any atom is 0.361 e. The summed E-state index contributed by atoms with van der Waals surface area (Å²) in [6.45, 7) is 9.19. The number of halogens is 1. The molecule has 0 bridgehead atoms. The minimum atomic E-state index is -0.187. The lowest BCUT2D eigenvalue weighted by atomic mass is 10.3. The molecule has 6 heteroatoms. The van der Waals surface area contributed by atoms with Crippen molar-refractivity contribution in [3.63, 3.8) is 0 Å². The number of ether oxygens (including phenoxy) is 1. The molecule has 0 aliphatic rings. The lowest BCUT2D eigenvalue weighted by Gasteiger charge is -2.28. The third kappa shape index (κ3) is 10.5. The van der Waals surface area contributed by atoms with Gasteiger partial charge in [0.1, 0.15) is 0 Å². The van der Waals surface area contributed by atoms with Crippen LogP contribution in [-0.2, 0) is 14.3 Å². The highest BCUT2D eigenvalue weighted by Crippen LogP contribution is 2.00. The standard InChI is InChI=1S/C13H24N2O3.ClH/c1-6-18-12(16)10-15(4,5)9-7-8-14-13(17)11(2)3;/h2,6-10H2,1,3-5H3;1H. The van der Waals surface area contributed by atoms with E-state index in [1.165, 1.54) is 0 Å². The second-order valence-electron chi connectivity index (χ2n) is 5.01. The van der Waals surface area contributed by atoms with Crippen LogP contribution in [0.2, 0.25) is 0 Å². The van der Waals surface area contributed by atoms with Crippen molar-refractivity contribution < 1.29 is 31.2 Å². The number of esters is 1. The summed E-state index contributed by atoms with van der Waals surface area (Å²) in [7, 11) is 3.94. The Morgan fingerprint density at radius 3 is 2.37 bits per heavy atom. The first kappa shape index (κ1) is 20.3. The quantitative estimate of drug-likeness (QED) is 0.237. The summed E-state index contributed by atoms with van der Waals surface area (Å²) in [6, 6.07) is 0. The van der Waals surface area contributed by atoms with Gasteiger partial charge in [-0.15, -0.1) is 0 Å². The van der Waals surface area contributed by atoms with Crippen LogP contribution < -0.4 is 17.7 Å². The summed E-state index contributed by atoms with van der Waals surface area (Å²) in [5, 5.41) is 2.77. The highest BCUT2D eigenvalue weighted by molar-refractivity contribution is 5.91. The molecular formula is C13H25ClN2O3. The first-order chi connectivity index (χ1) is 8.28. The van der Waals surface area contributed by atoms with Crippen molar-refractivity contribution in [2.75, 3.05) is 40.3 Å². The largest absolute Gasteiger partial charge is 1.00 e. The Morgan fingerprint density at radius 2 is 1.89 bits per heavy atom. The minimum absolute atomic E-state index is 0. The van der Waals surface area contributed by atoms with E-state index < -0.39 is 0 Å². The first-order valence-electron chi connectivity index (χ1n) is 6.20. The van der Waals surface area contributed by atoms with Gasteiger partial charge in [0, 0.05) is 18.5 Å². The third-order valence-corrected chi connectivity index (χ3v) is 2.48. The summed E-state index contributed by atoms with van der Waals surface area (Å²) in [4.78, 5) is 22.6. The molecule has 0 saturated heterocycles. The zero-order valence-corrected chi connectivity index (χ0v) is 13.0. The number of carbonyl (C=O) groups is 2. The van der Waals surface area contributed by atoms with Crippen LogP contribution in [-0.4, -0.2) is 56.7 Å². The molecule has 0 saturated carbocycles. The van der Waals surface area contributed by atoms with Crippen molar-refractivity contribution >= 4 is 11.9 Å². The fourth-order valence-electron chi connectivity index (χ4n) is 1.50. The number of quaternary nitrogens is 1. The highest BCUT2D eigenvalue weighted by atomic mass is 35.5. The van der Waals surface area contributed by atoms with Crippen LogP contribution in [0.3, 0.4) is 0 Å². The normalized spacial score (nSPS) is 10.3. The van der Waals surface area contributed by atoms with Crippen LogP contribution in [0.4, 0.5) is 0 Å². The first-order valence-corrected chi connectivity index (χ1v) is 6.20. The summed E-state index contributed by atoms with van der Waals surface area (Å²) in [6.07, 6.45) is 0.811. The molecule has 112 valence electrons. The van der Waals surface area contributed by atoms with Gasteiger partial charge < -0.3 is 26.9 Å². The fourth-order valence-corrected chi connectivity index (χ4v) is 1.50. The number of likely N-dealkylation sites (N-methyl/N-ethyl adjacent to an activating group) is 1. The summed E-state index contributed by atoms with van der Waals surface area (Å²) in [5.41, 5.74) is 0.510. The SMILES string of the molecule is C=C(C)C(=O)NCCC[N+](C)(C)CC(=O)OCC.[Cl-]. The van der Waals surface area contributed by atoms with Gasteiger partial charge in [0.25, 0.3) is 0 Å². The second-order valence-corrected chi connectivity index (χ2v) is 5.01. The van der Waals surface area contributed by atoms with Crippen molar-refractivity contribution in [2.45, 2.75) is 20.3 Å². The summed E-state index contributed by atoms with van der Waals surface area (Å²) < 4.78 is 5.48. The van der Waals surface area contributed by atoms with Crippen LogP contribution in [0.1, 0.15) is 20.3 Å². The van der Waals surface area contributed by atoms with Crippen LogP contribution >= 0.6 is 0 Å². The zero-order valence-electron chi connectivity index (χ0n) is 12.3. The molecule has 1 amide bonds. The van der Waals surface area contributed by atoms with Crippen LogP contribution in [0.15, 0.2) is 12.2 Å². The Labute approximate surface area is 122 Å². The molecule has 0 fully saturated rings. The molecule has 0 atom stereocenters. The number of hydrogen-bond donors (Lipinski definition) is 1. The average Bonchev–Trinajstić information content (AvgIpc) is 2.23. The smallest absolute Gasteiger partial charge is 0.361 e. The lowest BCUT2D eigenvalue weighted by Crippen LogP contribution is -3.00. The Bertz CT molecular complexity index is 317. The Kier molecular flexibility index (Phi) is 10.5. The van der Waals surface area contributed by atoms with Gasteiger partial charge in [-0.05, 0) is 13.8 Å². The van der Waals surface area contributed by atoms with Gasteiger partial charge in [0.15, 0.2) is 6.54 Å². The van der Waals surface area contributed by atoms with Crippen molar-refractivity contribution in [3.8, 4) is 0 Å². The van der Waals surface area contributed by atoms with E-state index in [1.807, 2.05) is 14.1 Å². The predicted molar refractivity (Wildman–Crippen MR) is 70.9 cm³/mol. The van der Waals surface area contributed by atoms with Gasteiger partial charge in [0.2, 0.25) is 5.91 Å². The van der Waals surface area contributed by atoms with E-state index in [0.29, 0.717) is 29.8 Å². The molecule has 0 rings (SSSR count). The number of nitrogens with one attached hydrogen (secondary N) is 1. The van der Waals surface area contributed by atoms with E-state index in [-0.39, 0.29) is 24.3 Å². The van der Waals surface area contributed by atoms with Gasteiger partial charge in [-0.3, -0.25) is 4.79 Å². The molecule has 0 aromatic heterocycles. The van der Waals surface area contributed by atoms with E-state index >= 15 is 0 Å². The summed E-state index contributed by atoms with van der Waals surface area (Å²) >= 11 is 0. The molecule has 0 aliphatic carbocycles.